The molecule has 0 aromatic heterocycles. The highest BCUT2D eigenvalue weighted by molar-refractivity contribution is 5.79. The molecule has 0 fully saturated rings. The van der Waals surface area contributed by atoms with Crippen molar-refractivity contribution >= 4 is 6.29 Å². The smallest absolute Gasteiger partial charge is 0.150 e. The van der Waals surface area contributed by atoms with Gasteiger partial charge in [-0.25, -0.2) is 0 Å². The van der Waals surface area contributed by atoms with E-state index in [2.05, 4.69) is 24.3 Å². The van der Waals surface area contributed by atoms with E-state index in [4.69, 9.17) is 0 Å². The summed E-state index contributed by atoms with van der Waals surface area (Å²) in [6, 6.07) is 14.5. The van der Waals surface area contributed by atoms with E-state index in [0.717, 1.165) is 17.4 Å². The van der Waals surface area contributed by atoms with Crippen molar-refractivity contribution in [2.24, 2.45) is 0 Å². The summed E-state index contributed by atoms with van der Waals surface area (Å²) in [6.07, 6.45) is 5.92. The van der Waals surface area contributed by atoms with Gasteiger partial charge in [0.05, 0.1) is 0 Å². The molecule has 0 unspecified atom stereocenters. The van der Waals surface area contributed by atoms with Crippen LogP contribution in [0, 0.1) is 0 Å². The van der Waals surface area contributed by atoms with E-state index >= 15 is 0 Å². The predicted molar refractivity (Wildman–Crippen MR) is 73.9 cm³/mol. The van der Waals surface area contributed by atoms with Gasteiger partial charge in [-0.2, -0.15) is 0 Å². The van der Waals surface area contributed by atoms with Gasteiger partial charge in [-0.15, -0.1) is 0 Å². The van der Waals surface area contributed by atoms with E-state index in [9.17, 15) is 4.79 Å². The lowest BCUT2D eigenvalue weighted by atomic mass is 9.89. The second-order valence-electron chi connectivity index (χ2n) is 4.93. The number of hydrogen-bond acceptors (Lipinski definition) is 1. The second kappa shape index (κ2) is 4.77. The van der Waals surface area contributed by atoms with Gasteiger partial charge in [0.15, 0.2) is 0 Å². The highest BCUT2D eigenvalue weighted by Gasteiger charge is 2.10. The molecule has 0 saturated heterocycles. The standard InChI is InChI=1S/C17H16O/c18-12-13-4-3-7-15(10-13)17-9-8-14-5-1-2-6-16(14)11-17/h3-4,7-12H,1-2,5-6H2. The van der Waals surface area contributed by atoms with Crippen LogP contribution in [0.25, 0.3) is 11.1 Å². The van der Waals surface area contributed by atoms with Crippen molar-refractivity contribution in [3.05, 3.63) is 59.2 Å². The molecular formula is C17H16O. The minimum atomic E-state index is 0.741. The van der Waals surface area contributed by atoms with Gasteiger partial charge in [0.2, 0.25) is 0 Å². The Morgan fingerprint density at radius 1 is 0.833 bits per heavy atom. The molecule has 90 valence electrons. The lowest BCUT2D eigenvalue weighted by Crippen LogP contribution is -2.02. The third-order valence-electron chi connectivity index (χ3n) is 3.70. The third kappa shape index (κ3) is 2.08. The van der Waals surface area contributed by atoms with Crippen molar-refractivity contribution in [3.63, 3.8) is 0 Å². The molecule has 1 heteroatoms. The molecule has 0 atom stereocenters. The maximum absolute atomic E-state index is 10.8. The molecule has 2 aromatic carbocycles. The number of carbonyl (C=O) groups excluding carboxylic acids is 1. The van der Waals surface area contributed by atoms with Crippen LogP contribution in [0.5, 0.6) is 0 Å². The molecule has 1 aliphatic carbocycles. The second-order valence-corrected chi connectivity index (χ2v) is 4.93. The number of rotatable bonds is 2. The molecule has 0 aliphatic heterocycles. The summed E-state index contributed by atoms with van der Waals surface area (Å²) in [5, 5.41) is 0. The molecule has 1 aliphatic rings. The predicted octanol–water partition coefficient (Wildman–Crippen LogP) is 4.04. The normalized spacial score (nSPS) is 14.0. The average Bonchev–Trinajstić information content (AvgIpc) is 2.47. The van der Waals surface area contributed by atoms with Crippen LogP contribution in [0.3, 0.4) is 0 Å². The van der Waals surface area contributed by atoms with Crippen molar-refractivity contribution in [3.8, 4) is 11.1 Å². The van der Waals surface area contributed by atoms with Gasteiger partial charge in [-0.1, -0.05) is 36.4 Å². The summed E-state index contributed by atoms with van der Waals surface area (Å²) >= 11 is 0. The number of carbonyl (C=O) groups is 1. The molecule has 0 amide bonds. The van der Waals surface area contributed by atoms with Crippen LogP contribution in [-0.2, 0) is 12.8 Å². The van der Waals surface area contributed by atoms with Crippen LogP contribution in [0.15, 0.2) is 42.5 Å². The minimum absolute atomic E-state index is 0.741. The highest BCUT2D eigenvalue weighted by Crippen LogP contribution is 2.27. The zero-order chi connectivity index (χ0) is 12.4. The Morgan fingerprint density at radius 3 is 2.44 bits per heavy atom. The largest absolute Gasteiger partial charge is 0.298 e. The van der Waals surface area contributed by atoms with Crippen molar-refractivity contribution in [2.75, 3.05) is 0 Å². The van der Waals surface area contributed by atoms with Crippen LogP contribution in [0.1, 0.15) is 34.3 Å². The molecular weight excluding hydrogens is 220 g/mol. The summed E-state index contributed by atoms with van der Waals surface area (Å²) in [4.78, 5) is 10.8. The Bertz CT molecular complexity index is 584. The van der Waals surface area contributed by atoms with Gasteiger partial charge in [0.25, 0.3) is 0 Å². The Morgan fingerprint density at radius 2 is 1.61 bits per heavy atom. The zero-order valence-corrected chi connectivity index (χ0v) is 10.4. The van der Waals surface area contributed by atoms with Crippen LogP contribution in [-0.4, -0.2) is 6.29 Å². The van der Waals surface area contributed by atoms with E-state index in [1.165, 1.54) is 42.4 Å². The zero-order valence-electron chi connectivity index (χ0n) is 10.4. The minimum Gasteiger partial charge on any atom is -0.298 e. The maximum Gasteiger partial charge on any atom is 0.150 e. The van der Waals surface area contributed by atoms with Crippen molar-refractivity contribution in [1.82, 2.24) is 0 Å². The van der Waals surface area contributed by atoms with Crippen LogP contribution in [0.2, 0.25) is 0 Å². The number of aryl methyl sites for hydroxylation is 2. The van der Waals surface area contributed by atoms with E-state index in [1.807, 2.05) is 18.2 Å². The first kappa shape index (κ1) is 11.2. The molecule has 18 heavy (non-hydrogen) atoms. The molecule has 1 nitrogen and oxygen atoms in total. The van der Waals surface area contributed by atoms with Gasteiger partial charge in [-0.3, -0.25) is 4.79 Å². The van der Waals surface area contributed by atoms with Gasteiger partial charge >= 0.3 is 0 Å². The van der Waals surface area contributed by atoms with E-state index in [-0.39, 0.29) is 0 Å². The number of hydrogen-bond donors (Lipinski definition) is 0. The summed E-state index contributed by atoms with van der Waals surface area (Å²) < 4.78 is 0. The molecule has 2 aromatic rings. The first-order valence-corrected chi connectivity index (χ1v) is 6.54. The Balaban J connectivity index is 2.03. The van der Waals surface area contributed by atoms with Crippen molar-refractivity contribution in [1.29, 1.82) is 0 Å². The molecule has 0 spiro atoms. The van der Waals surface area contributed by atoms with E-state index in [1.54, 1.807) is 0 Å². The van der Waals surface area contributed by atoms with Gasteiger partial charge in [0, 0.05) is 5.56 Å². The van der Waals surface area contributed by atoms with Crippen LogP contribution in [0.4, 0.5) is 0 Å². The third-order valence-corrected chi connectivity index (χ3v) is 3.70. The summed E-state index contributed by atoms with van der Waals surface area (Å²) in [7, 11) is 0. The fourth-order valence-electron chi connectivity index (χ4n) is 2.70. The topological polar surface area (TPSA) is 17.1 Å². The van der Waals surface area contributed by atoms with Crippen molar-refractivity contribution < 1.29 is 4.79 Å². The fourth-order valence-corrected chi connectivity index (χ4v) is 2.70. The summed E-state index contributed by atoms with van der Waals surface area (Å²) in [5.41, 5.74) is 6.07. The summed E-state index contributed by atoms with van der Waals surface area (Å²) in [6.45, 7) is 0. The Kier molecular flexibility index (Phi) is 2.97. The number of benzene rings is 2. The van der Waals surface area contributed by atoms with Gasteiger partial charge < -0.3 is 0 Å². The molecule has 0 N–H and O–H groups in total. The Hall–Kier alpha value is -1.89. The average molecular weight is 236 g/mol. The van der Waals surface area contributed by atoms with Crippen LogP contribution >= 0.6 is 0 Å². The fraction of sp³-hybridized carbons (Fsp3) is 0.235. The molecule has 3 rings (SSSR count). The van der Waals surface area contributed by atoms with Gasteiger partial charge in [-0.05, 0) is 54.0 Å². The molecule has 0 radical (unpaired) electrons. The first-order chi connectivity index (χ1) is 8.86. The van der Waals surface area contributed by atoms with Crippen molar-refractivity contribution in [2.45, 2.75) is 25.7 Å². The number of aldehydes is 1. The maximum atomic E-state index is 10.8. The molecule has 0 bridgehead atoms. The SMILES string of the molecule is O=Cc1cccc(-c2ccc3c(c2)CCCC3)c1. The quantitative estimate of drug-likeness (QED) is 0.719. The lowest BCUT2D eigenvalue weighted by molar-refractivity contribution is 0.112. The Labute approximate surface area is 107 Å². The van der Waals surface area contributed by atoms with Gasteiger partial charge in [0.1, 0.15) is 6.29 Å². The van der Waals surface area contributed by atoms with E-state index < -0.39 is 0 Å². The number of fused-ring (bicyclic) bond motifs is 1. The van der Waals surface area contributed by atoms with E-state index in [0.29, 0.717) is 0 Å². The first-order valence-electron chi connectivity index (χ1n) is 6.54. The monoisotopic (exact) mass is 236 g/mol. The van der Waals surface area contributed by atoms with Crippen LogP contribution < -0.4 is 0 Å². The molecule has 0 saturated carbocycles. The highest BCUT2D eigenvalue weighted by atomic mass is 16.1. The molecule has 0 heterocycles. The summed E-state index contributed by atoms with van der Waals surface area (Å²) in [5.74, 6) is 0. The lowest BCUT2D eigenvalue weighted by Gasteiger charge is -2.16.